The molecule has 0 spiro atoms. The van der Waals surface area contributed by atoms with Gasteiger partial charge < -0.3 is 20.3 Å². The van der Waals surface area contributed by atoms with E-state index in [4.69, 9.17) is 0 Å². The molecule has 7 nitrogen and oxygen atoms in total. The average Bonchev–Trinajstić information content (AvgIpc) is 2.75. The molecule has 3 N–H and O–H groups in total. The average molecular weight is 307 g/mol. The first-order valence-electron chi connectivity index (χ1n) is 8.37. The predicted octanol–water partition coefficient (Wildman–Crippen LogP) is 1.11. The Bertz CT molecular complexity index is 516. The molecule has 2 amide bonds. The number of aliphatic hydroxyl groups is 1. The smallest absolute Gasteiger partial charge is 0.315 e. The fraction of sp³-hybridized carbons (Fsp3) is 0.800. The molecule has 1 aliphatic heterocycles. The van der Waals surface area contributed by atoms with Gasteiger partial charge in [-0.3, -0.25) is 0 Å². The third-order valence-corrected chi connectivity index (χ3v) is 4.64. The minimum Gasteiger partial charge on any atom is -0.391 e. The second-order valence-electron chi connectivity index (χ2n) is 6.28. The van der Waals surface area contributed by atoms with Gasteiger partial charge in [-0.1, -0.05) is 19.3 Å². The fourth-order valence-corrected chi connectivity index (χ4v) is 3.33. The molecule has 0 radical (unpaired) electrons. The Morgan fingerprint density at radius 3 is 2.91 bits per heavy atom. The van der Waals surface area contributed by atoms with E-state index < -0.39 is 6.10 Å². The van der Waals surface area contributed by atoms with Gasteiger partial charge in [0.1, 0.15) is 5.82 Å². The van der Waals surface area contributed by atoms with Gasteiger partial charge in [-0.2, -0.15) is 0 Å². The molecule has 0 bridgehead atoms. The summed E-state index contributed by atoms with van der Waals surface area (Å²) in [6.07, 6.45) is 7.75. The molecule has 1 fully saturated rings. The van der Waals surface area contributed by atoms with Gasteiger partial charge in [-0.05, 0) is 25.7 Å². The lowest BCUT2D eigenvalue weighted by Crippen LogP contribution is -2.48. The lowest BCUT2D eigenvalue weighted by atomic mass is 9.93. The Morgan fingerprint density at radius 1 is 1.18 bits per heavy atom. The van der Waals surface area contributed by atoms with Crippen molar-refractivity contribution in [2.24, 2.45) is 0 Å². The number of nitrogens with zero attached hydrogens (tertiary/aromatic N) is 3. The van der Waals surface area contributed by atoms with Gasteiger partial charge >= 0.3 is 6.03 Å². The maximum atomic E-state index is 12.0. The van der Waals surface area contributed by atoms with Crippen LogP contribution in [-0.4, -0.2) is 38.0 Å². The normalized spacial score (nSPS) is 25.1. The van der Waals surface area contributed by atoms with E-state index >= 15 is 0 Å². The monoisotopic (exact) mass is 307 g/mol. The fourth-order valence-electron chi connectivity index (χ4n) is 3.33. The Kier molecular flexibility index (Phi) is 4.92. The molecule has 1 aromatic rings. The van der Waals surface area contributed by atoms with Crippen LogP contribution in [0.25, 0.3) is 0 Å². The molecule has 22 heavy (non-hydrogen) atoms. The van der Waals surface area contributed by atoms with Crippen molar-refractivity contribution in [3.63, 3.8) is 0 Å². The van der Waals surface area contributed by atoms with Gasteiger partial charge in [-0.25, -0.2) is 4.79 Å². The summed E-state index contributed by atoms with van der Waals surface area (Å²) >= 11 is 0. The van der Waals surface area contributed by atoms with Gasteiger partial charge in [0.15, 0.2) is 5.82 Å². The first-order chi connectivity index (χ1) is 10.7. The zero-order valence-corrected chi connectivity index (χ0v) is 12.9. The zero-order valence-electron chi connectivity index (χ0n) is 12.9. The molecule has 3 rings (SSSR count). The molecule has 0 saturated heterocycles. The van der Waals surface area contributed by atoms with E-state index in [0.717, 1.165) is 63.1 Å². The summed E-state index contributed by atoms with van der Waals surface area (Å²) in [5.41, 5.74) is 0. The highest BCUT2D eigenvalue weighted by atomic mass is 16.3. The number of hydrogen-bond acceptors (Lipinski definition) is 4. The molecule has 122 valence electrons. The first-order valence-corrected chi connectivity index (χ1v) is 8.37. The maximum Gasteiger partial charge on any atom is 0.315 e. The molecule has 7 heteroatoms. The Hall–Kier alpha value is -1.63. The van der Waals surface area contributed by atoms with Crippen LogP contribution in [0.4, 0.5) is 4.79 Å². The van der Waals surface area contributed by atoms with E-state index in [1.165, 1.54) is 6.42 Å². The summed E-state index contributed by atoms with van der Waals surface area (Å²) in [6, 6.07) is -0.374. The third-order valence-electron chi connectivity index (χ3n) is 4.64. The molecule has 2 aliphatic rings. The number of fused-ring (bicyclic) bond motifs is 1. The lowest BCUT2D eigenvalue weighted by molar-refractivity contribution is 0.0943. The molecular weight excluding hydrogens is 282 g/mol. The van der Waals surface area contributed by atoms with Gasteiger partial charge in [0.25, 0.3) is 0 Å². The van der Waals surface area contributed by atoms with Crippen LogP contribution in [-0.2, 0) is 19.5 Å². The van der Waals surface area contributed by atoms with Crippen LogP contribution in [0, 0.1) is 0 Å². The first kappa shape index (κ1) is 15.3. The van der Waals surface area contributed by atoms with Crippen molar-refractivity contribution < 1.29 is 9.90 Å². The molecule has 1 aliphatic carbocycles. The molecule has 1 aromatic heterocycles. The highest BCUT2D eigenvalue weighted by molar-refractivity contribution is 5.74. The van der Waals surface area contributed by atoms with Gasteiger partial charge in [0.05, 0.1) is 18.7 Å². The zero-order chi connectivity index (χ0) is 15.4. The van der Waals surface area contributed by atoms with Crippen molar-refractivity contribution in [1.29, 1.82) is 0 Å². The third kappa shape index (κ3) is 3.58. The van der Waals surface area contributed by atoms with Crippen LogP contribution in [0.1, 0.15) is 56.6 Å². The molecule has 2 unspecified atom stereocenters. The van der Waals surface area contributed by atoms with Crippen molar-refractivity contribution in [3.05, 3.63) is 11.6 Å². The summed E-state index contributed by atoms with van der Waals surface area (Å²) in [4.78, 5) is 12.0. The van der Waals surface area contributed by atoms with E-state index in [2.05, 4.69) is 25.4 Å². The van der Waals surface area contributed by atoms with E-state index in [-0.39, 0.29) is 12.1 Å². The number of hydrogen-bond donors (Lipinski definition) is 3. The molecular formula is C15H25N5O2. The quantitative estimate of drug-likeness (QED) is 0.780. The Labute approximate surface area is 130 Å². The van der Waals surface area contributed by atoms with Crippen molar-refractivity contribution in [2.75, 3.05) is 0 Å². The molecule has 2 heterocycles. The van der Waals surface area contributed by atoms with Gasteiger partial charge in [0, 0.05) is 13.0 Å². The van der Waals surface area contributed by atoms with Crippen LogP contribution in [0.5, 0.6) is 0 Å². The Balaban J connectivity index is 1.52. The second kappa shape index (κ2) is 7.09. The standard InChI is InChI=1S/C15H25N5O2/c21-12-7-4-3-6-11(12)17-15(22)16-10-14-19-18-13-8-2-1-5-9-20(13)14/h11-12,21H,1-10H2,(H2,16,17,22). The van der Waals surface area contributed by atoms with Gasteiger partial charge in [-0.15, -0.1) is 10.2 Å². The van der Waals surface area contributed by atoms with E-state index in [1.807, 2.05) is 0 Å². The lowest BCUT2D eigenvalue weighted by Gasteiger charge is -2.28. The predicted molar refractivity (Wildman–Crippen MR) is 81.2 cm³/mol. The number of aromatic nitrogens is 3. The van der Waals surface area contributed by atoms with Crippen LogP contribution in [0.15, 0.2) is 0 Å². The van der Waals surface area contributed by atoms with Crippen LogP contribution >= 0.6 is 0 Å². The topological polar surface area (TPSA) is 92.1 Å². The maximum absolute atomic E-state index is 12.0. The number of aliphatic hydroxyl groups excluding tert-OH is 1. The van der Waals surface area contributed by atoms with Crippen LogP contribution < -0.4 is 10.6 Å². The summed E-state index contributed by atoms with van der Waals surface area (Å²) in [5, 5.41) is 24.0. The largest absolute Gasteiger partial charge is 0.391 e. The van der Waals surface area contributed by atoms with Gasteiger partial charge in [0.2, 0.25) is 0 Å². The molecule has 2 atom stereocenters. The number of rotatable bonds is 3. The van der Waals surface area contributed by atoms with E-state index in [1.54, 1.807) is 0 Å². The SMILES string of the molecule is O=C(NCc1nnc2n1CCCCC2)NC1CCCCC1O. The summed E-state index contributed by atoms with van der Waals surface area (Å²) in [6.45, 7) is 1.31. The van der Waals surface area contributed by atoms with E-state index in [9.17, 15) is 9.90 Å². The highest BCUT2D eigenvalue weighted by Crippen LogP contribution is 2.18. The minimum absolute atomic E-state index is 0.135. The number of carbonyl (C=O) groups excluding carboxylic acids is 1. The Morgan fingerprint density at radius 2 is 2.05 bits per heavy atom. The van der Waals surface area contributed by atoms with Crippen LogP contribution in [0.2, 0.25) is 0 Å². The number of amides is 2. The minimum atomic E-state index is -0.427. The summed E-state index contributed by atoms with van der Waals surface area (Å²) in [5.74, 6) is 1.84. The molecule has 0 aromatic carbocycles. The summed E-state index contributed by atoms with van der Waals surface area (Å²) < 4.78 is 2.13. The number of aryl methyl sites for hydroxylation is 1. The highest BCUT2D eigenvalue weighted by Gasteiger charge is 2.24. The van der Waals surface area contributed by atoms with Crippen molar-refractivity contribution in [1.82, 2.24) is 25.4 Å². The van der Waals surface area contributed by atoms with Crippen molar-refractivity contribution >= 4 is 6.03 Å². The number of nitrogens with one attached hydrogen (secondary N) is 2. The number of carbonyl (C=O) groups is 1. The van der Waals surface area contributed by atoms with Crippen molar-refractivity contribution in [3.8, 4) is 0 Å². The second-order valence-corrected chi connectivity index (χ2v) is 6.28. The van der Waals surface area contributed by atoms with Crippen LogP contribution in [0.3, 0.4) is 0 Å². The summed E-state index contributed by atoms with van der Waals surface area (Å²) in [7, 11) is 0. The number of urea groups is 1. The van der Waals surface area contributed by atoms with E-state index in [0.29, 0.717) is 6.54 Å². The molecule has 1 saturated carbocycles. The van der Waals surface area contributed by atoms with Crippen molar-refractivity contribution in [2.45, 2.75) is 76.6 Å².